The summed E-state index contributed by atoms with van der Waals surface area (Å²) in [5, 5.41) is 7.01. The van der Waals surface area contributed by atoms with E-state index in [1.807, 2.05) is 27.7 Å². The minimum atomic E-state index is -0.107. The molecule has 104 valence electrons. The third-order valence-corrected chi connectivity index (χ3v) is 2.42. The monoisotopic (exact) mass is 274 g/mol. The molecule has 1 atom stereocenters. The number of halogens is 1. The van der Waals surface area contributed by atoms with E-state index in [4.69, 9.17) is 5.73 Å². The van der Waals surface area contributed by atoms with Crippen molar-refractivity contribution in [1.82, 2.24) is 15.1 Å². The highest BCUT2D eigenvalue weighted by Gasteiger charge is 2.16. The number of hydrogen-bond donors (Lipinski definition) is 2. The summed E-state index contributed by atoms with van der Waals surface area (Å²) in [6, 6.07) is 0.104. The molecule has 1 aromatic heterocycles. The van der Waals surface area contributed by atoms with Gasteiger partial charge >= 0.3 is 0 Å². The summed E-state index contributed by atoms with van der Waals surface area (Å²) in [7, 11) is 0. The predicted molar refractivity (Wildman–Crippen MR) is 75.1 cm³/mol. The highest BCUT2D eigenvalue weighted by molar-refractivity contribution is 5.93. The summed E-state index contributed by atoms with van der Waals surface area (Å²) in [5.41, 5.74) is 6.09. The molecule has 0 aliphatic rings. The van der Waals surface area contributed by atoms with Crippen LogP contribution < -0.4 is 11.1 Å². The number of carbonyl (C=O) groups is 1. The summed E-state index contributed by atoms with van der Waals surface area (Å²) in [5.74, 6) is -0.0962. The standard InChI is InChI=1S/C12H22N4O.ClH/c1-9(13)5-6-14-11(17)10-7-15-16(8-10)12(2,3)4;/h7-9H,5-6,13H2,1-4H3,(H,14,17);1H. The number of nitrogens with two attached hydrogens (primary N) is 1. The number of carbonyl (C=O) groups excluding carboxylic acids is 1. The third kappa shape index (κ3) is 5.06. The molecule has 0 fully saturated rings. The van der Waals surface area contributed by atoms with Crippen molar-refractivity contribution >= 4 is 18.3 Å². The van der Waals surface area contributed by atoms with Crippen LogP contribution in [-0.2, 0) is 5.54 Å². The Bertz CT molecular complexity index is 382. The molecule has 0 aliphatic heterocycles. The van der Waals surface area contributed by atoms with Crippen LogP contribution in [-0.4, -0.2) is 28.3 Å². The summed E-state index contributed by atoms with van der Waals surface area (Å²) >= 11 is 0. The lowest BCUT2D eigenvalue weighted by molar-refractivity contribution is 0.0952. The maximum atomic E-state index is 11.8. The molecule has 1 unspecified atom stereocenters. The van der Waals surface area contributed by atoms with Crippen molar-refractivity contribution in [1.29, 1.82) is 0 Å². The van der Waals surface area contributed by atoms with E-state index in [-0.39, 0.29) is 29.9 Å². The molecular formula is C12H23ClN4O. The summed E-state index contributed by atoms with van der Waals surface area (Å²) in [6.45, 7) is 8.63. The third-order valence-electron chi connectivity index (χ3n) is 2.42. The zero-order valence-electron chi connectivity index (χ0n) is 11.4. The molecule has 3 N–H and O–H groups in total. The van der Waals surface area contributed by atoms with Crippen LogP contribution >= 0.6 is 12.4 Å². The number of hydrogen-bond acceptors (Lipinski definition) is 3. The van der Waals surface area contributed by atoms with Crippen molar-refractivity contribution in [3.8, 4) is 0 Å². The van der Waals surface area contributed by atoms with Crippen LogP contribution in [0.4, 0.5) is 0 Å². The first-order valence-corrected chi connectivity index (χ1v) is 5.89. The van der Waals surface area contributed by atoms with Crippen molar-refractivity contribution in [2.45, 2.75) is 45.7 Å². The second-order valence-corrected chi connectivity index (χ2v) is 5.37. The van der Waals surface area contributed by atoms with E-state index in [0.717, 1.165) is 6.42 Å². The van der Waals surface area contributed by atoms with Crippen molar-refractivity contribution < 1.29 is 4.79 Å². The fourth-order valence-corrected chi connectivity index (χ4v) is 1.32. The van der Waals surface area contributed by atoms with Gasteiger partial charge < -0.3 is 11.1 Å². The van der Waals surface area contributed by atoms with E-state index in [0.29, 0.717) is 12.1 Å². The lowest BCUT2D eigenvalue weighted by Gasteiger charge is -2.18. The van der Waals surface area contributed by atoms with Crippen LogP contribution in [0.3, 0.4) is 0 Å². The second-order valence-electron chi connectivity index (χ2n) is 5.37. The fraction of sp³-hybridized carbons (Fsp3) is 0.667. The van der Waals surface area contributed by atoms with Gasteiger partial charge in [-0.25, -0.2) is 0 Å². The maximum absolute atomic E-state index is 11.8. The first kappa shape index (κ1) is 16.9. The molecule has 1 amide bonds. The lowest BCUT2D eigenvalue weighted by atomic mass is 10.1. The Morgan fingerprint density at radius 2 is 2.17 bits per heavy atom. The van der Waals surface area contributed by atoms with Crippen LogP contribution in [0.1, 0.15) is 44.5 Å². The Morgan fingerprint density at radius 3 is 2.61 bits per heavy atom. The Kier molecular flexibility index (Phi) is 6.35. The van der Waals surface area contributed by atoms with Crippen molar-refractivity contribution in [2.75, 3.05) is 6.54 Å². The van der Waals surface area contributed by atoms with Crippen LogP contribution in [0.15, 0.2) is 12.4 Å². The van der Waals surface area contributed by atoms with Crippen molar-refractivity contribution in [3.05, 3.63) is 18.0 Å². The van der Waals surface area contributed by atoms with Crippen LogP contribution in [0.5, 0.6) is 0 Å². The first-order valence-electron chi connectivity index (χ1n) is 5.89. The van der Waals surface area contributed by atoms with Crippen LogP contribution in [0.25, 0.3) is 0 Å². The highest BCUT2D eigenvalue weighted by Crippen LogP contribution is 2.12. The zero-order chi connectivity index (χ0) is 13.1. The molecule has 0 bridgehead atoms. The van der Waals surface area contributed by atoms with Gasteiger partial charge in [-0.2, -0.15) is 5.10 Å². The van der Waals surface area contributed by atoms with Gasteiger partial charge in [-0.3, -0.25) is 9.48 Å². The summed E-state index contributed by atoms with van der Waals surface area (Å²) in [4.78, 5) is 11.8. The van der Waals surface area contributed by atoms with E-state index in [9.17, 15) is 4.79 Å². The Balaban J connectivity index is 0.00000289. The molecule has 0 saturated carbocycles. The maximum Gasteiger partial charge on any atom is 0.254 e. The van der Waals surface area contributed by atoms with Crippen molar-refractivity contribution in [3.63, 3.8) is 0 Å². The van der Waals surface area contributed by atoms with Crippen molar-refractivity contribution in [2.24, 2.45) is 5.73 Å². The average molecular weight is 275 g/mol. The number of aromatic nitrogens is 2. The number of amides is 1. The van der Waals surface area contributed by atoms with Gasteiger partial charge in [0.25, 0.3) is 5.91 Å². The predicted octanol–water partition coefficient (Wildman–Crippen LogP) is 1.53. The average Bonchev–Trinajstić information content (AvgIpc) is 2.64. The number of rotatable bonds is 4. The Morgan fingerprint density at radius 1 is 1.56 bits per heavy atom. The van der Waals surface area contributed by atoms with Gasteiger partial charge in [0.15, 0.2) is 0 Å². The first-order chi connectivity index (χ1) is 7.80. The Hall–Kier alpha value is -1.07. The summed E-state index contributed by atoms with van der Waals surface area (Å²) in [6.07, 6.45) is 4.13. The Labute approximate surface area is 115 Å². The molecule has 1 rings (SSSR count). The van der Waals surface area contributed by atoms with Gasteiger partial charge in [0.2, 0.25) is 0 Å². The largest absolute Gasteiger partial charge is 0.352 e. The van der Waals surface area contributed by atoms with Gasteiger partial charge in [0.1, 0.15) is 0 Å². The van der Waals surface area contributed by atoms with Gasteiger partial charge in [0, 0.05) is 18.8 Å². The quantitative estimate of drug-likeness (QED) is 0.874. The second kappa shape index (κ2) is 6.75. The molecule has 6 heteroatoms. The smallest absolute Gasteiger partial charge is 0.254 e. The van der Waals surface area contributed by atoms with Gasteiger partial charge in [-0.05, 0) is 34.1 Å². The summed E-state index contributed by atoms with van der Waals surface area (Å²) < 4.78 is 1.79. The van der Waals surface area contributed by atoms with E-state index < -0.39 is 0 Å². The van der Waals surface area contributed by atoms with E-state index in [2.05, 4.69) is 10.4 Å². The fourth-order valence-electron chi connectivity index (χ4n) is 1.32. The number of nitrogens with zero attached hydrogens (tertiary/aromatic N) is 2. The molecule has 0 aromatic carbocycles. The molecule has 0 aliphatic carbocycles. The lowest BCUT2D eigenvalue weighted by Crippen LogP contribution is -2.29. The SMILES string of the molecule is CC(N)CCNC(=O)c1cnn(C(C)(C)C)c1.Cl. The molecular weight excluding hydrogens is 252 g/mol. The zero-order valence-corrected chi connectivity index (χ0v) is 12.3. The highest BCUT2D eigenvalue weighted by atomic mass is 35.5. The molecule has 0 radical (unpaired) electrons. The number of nitrogens with one attached hydrogen (secondary N) is 1. The van der Waals surface area contributed by atoms with E-state index >= 15 is 0 Å². The molecule has 1 heterocycles. The van der Waals surface area contributed by atoms with Crippen LogP contribution in [0.2, 0.25) is 0 Å². The minimum absolute atomic E-state index is 0. The minimum Gasteiger partial charge on any atom is -0.352 e. The van der Waals surface area contributed by atoms with E-state index in [1.54, 1.807) is 17.1 Å². The van der Waals surface area contributed by atoms with E-state index in [1.165, 1.54) is 0 Å². The topological polar surface area (TPSA) is 72.9 Å². The normalized spacial score (nSPS) is 12.7. The van der Waals surface area contributed by atoms with Crippen LogP contribution in [0, 0.1) is 0 Å². The molecule has 0 saturated heterocycles. The van der Waals surface area contributed by atoms with Gasteiger partial charge in [-0.1, -0.05) is 0 Å². The molecule has 5 nitrogen and oxygen atoms in total. The van der Waals surface area contributed by atoms with Gasteiger partial charge in [-0.15, -0.1) is 12.4 Å². The van der Waals surface area contributed by atoms with Gasteiger partial charge in [0.05, 0.1) is 17.3 Å². The molecule has 18 heavy (non-hydrogen) atoms. The molecule has 0 spiro atoms. The molecule has 1 aromatic rings.